The smallest absolute Gasteiger partial charge is 0.159 e. The van der Waals surface area contributed by atoms with E-state index in [9.17, 15) is 8.78 Å². The van der Waals surface area contributed by atoms with Gasteiger partial charge in [0.15, 0.2) is 11.6 Å². The van der Waals surface area contributed by atoms with Crippen LogP contribution in [0.15, 0.2) is 39.0 Å². The highest BCUT2D eigenvalue weighted by molar-refractivity contribution is 9.10. The molecule has 0 N–H and O–H groups in total. The first kappa shape index (κ1) is 12.1. The zero-order chi connectivity index (χ0) is 11.5. The first-order chi connectivity index (χ1) is 7.65. The Balaban J connectivity index is 2.02. The molecule has 16 heavy (non-hydrogen) atoms. The molecule has 0 fully saturated rings. The van der Waals surface area contributed by atoms with Crippen LogP contribution in [0.25, 0.3) is 0 Å². The fourth-order valence-corrected chi connectivity index (χ4v) is 3.58. The van der Waals surface area contributed by atoms with Gasteiger partial charge >= 0.3 is 0 Å². The second-order valence-electron chi connectivity index (χ2n) is 3.10. The summed E-state index contributed by atoms with van der Waals surface area (Å²) < 4.78 is 26.6. The van der Waals surface area contributed by atoms with Crippen LogP contribution in [0.3, 0.4) is 0 Å². The van der Waals surface area contributed by atoms with Crippen molar-refractivity contribution in [3.63, 3.8) is 0 Å². The van der Waals surface area contributed by atoms with Crippen molar-refractivity contribution in [2.75, 3.05) is 0 Å². The van der Waals surface area contributed by atoms with Gasteiger partial charge in [0.25, 0.3) is 0 Å². The lowest BCUT2D eigenvalue weighted by Crippen LogP contribution is -1.83. The number of halogens is 3. The van der Waals surface area contributed by atoms with Crippen molar-refractivity contribution < 1.29 is 8.78 Å². The van der Waals surface area contributed by atoms with Gasteiger partial charge in [-0.1, -0.05) is 0 Å². The predicted molar refractivity (Wildman–Crippen MR) is 67.9 cm³/mol. The van der Waals surface area contributed by atoms with E-state index >= 15 is 0 Å². The van der Waals surface area contributed by atoms with Gasteiger partial charge < -0.3 is 0 Å². The molecule has 0 aliphatic rings. The maximum absolute atomic E-state index is 12.9. The Morgan fingerprint density at radius 2 is 2.00 bits per heavy atom. The summed E-state index contributed by atoms with van der Waals surface area (Å²) in [6.45, 7) is 0. The molecular weight excluding hydrogens is 314 g/mol. The zero-order valence-electron chi connectivity index (χ0n) is 8.04. The maximum atomic E-state index is 12.9. The van der Waals surface area contributed by atoms with Crippen LogP contribution in [-0.2, 0) is 5.75 Å². The lowest BCUT2D eigenvalue weighted by molar-refractivity contribution is 0.506. The first-order valence-electron chi connectivity index (χ1n) is 4.46. The molecule has 0 radical (unpaired) electrons. The van der Waals surface area contributed by atoms with E-state index in [0.717, 1.165) is 21.2 Å². The van der Waals surface area contributed by atoms with Crippen LogP contribution in [0.2, 0.25) is 0 Å². The molecule has 0 nitrogen and oxygen atoms in total. The lowest BCUT2D eigenvalue weighted by Gasteiger charge is -2.00. The third-order valence-corrected chi connectivity index (χ3v) is 4.82. The van der Waals surface area contributed by atoms with Crippen LogP contribution >= 0.6 is 39.0 Å². The molecule has 0 amide bonds. The number of benzene rings is 1. The van der Waals surface area contributed by atoms with Crippen LogP contribution < -0.4 is 0 Å². The van der Waals surface area contributed by atoms with Crippen molar-refractivity contribution in [3.05, 3.63) is 50.6 Å². The topological polar surface area (TPSA) is 0 Å². The lowest BCUT2D eigenvalue weighted by atomic mass is 10.3. The minimum Gasteiger partial charge on any atom is -0.204 e. The van der Waals surface area contributed by atoms with Gasteiger partial charge in [0.2, 0.25) is 0 Å². The Kier molecular flexibility index (Phi) is 4.00. The van der Waals surface area contributed by atoms with Crippen LogP contribution in [0.1, 0.15) is 4.88 Å². The van der Waals surface area contributed by atoms with E-state index in [-0.39, 0.29) is 0 Å². The fraction of sp³-hybridized carbons (Fsp3) is 0.0909. The van der Waals surface area contributed by atoms with E-state index in [0.29, 0.717) is 0 Å². The Hall–Kier alpha value is -0.390. The van der Waals surface area contributed by atoms with Gasteiger partial charge in [-0.2, -0.15) is 0 Å². The Morgan fingerprint density at radius 1 is 1.19 bits per heavy atom. The summed E-state index contributed by atoms with van der Waals surface area (Å²) in [6, 6.07) is 5.99. The number of hydrogen-bond acceptors (Lipinski definition) is 2. The molecule has 0 unspecified atom stereocenters. The second-order valence-corrected chi connectivity index (χ2v) is 6.06. The summed E-state index contributed by atoms with van der Waals surface area (Å²) >= 11 is 6.50. The van der Waals surface area contributed by atoms with Crippen LogP contribution in [-0.4, -0.2) is 0 Å². The Labute approximate surface area is 109 Å². The minimum absolute atomic E-state index is 0.739. The summed E-state index contributed by atoms with van der Waals surface area (Å²) in [6.07, 6.45) is 0. The molecule has 0 bridgehead atoms. The first-order valence-corrected chi connectivity index (χ1v) is 7.12. The Morgan fingerprint density at radius 3 is 2.62 bits per heavy atom. The third kappa shape index (κ3) is 3.06. The van der Waals surface area contributed by atoms with Gasteiger partial charge in [-0.05, 0) is 40.2 Å². The molecule has 0 atom stereocenters. The summed E-state index contributed by atoms with van der Waals surface area (Å²) in [7, 11) is 0. The molecule has 1 aromatic heterocycles. The van der Waals surface area contributed by atoms with Gasteiger partial charge in [0, 0.05) is 25.4 Å². The summed E-state index contributed by atoms with van der Waals surface area (Å²) in [5.41, 5.74) is 0. The molecule has 0 saturated heterocycles. The summed E-state index contributed by atoms with van der Waals surface area (Å²) in [4.78, 5) is 1.94. The van der Waals surface area contributed by atoms with Crippen molar-refractivity contribution in [2.45, 2.75) is 10.6 Å². The molecular formula is C11H7BrF2S2. The van der Waals surface area contributed by atoms with E-state index in [4.69, 9.17) is 0 Å². The molecule has 5 heteroatoms. The monoisotopic (exact) mass is 320 g/mol. The van der Waals surface area contributed by atoms with E-state index in [2.05, 4.69) is 15.9 Å². The number of rotatable bonds is 3. The molecule has 0 aliphatic carbocycles. The number of thioether (sulfide) groups is 1. The SMILES string of the molecule is Fc1ccc(SCc2cc(Br)cs2)cc1F. The van der Waals surface area contributed by atoms with Crippen molar-refractivity contribution in [1.29, 1.82) is 0 Å². The van der Waals surface area contributed by atoms with Gasteiger partial charge in [-0.15, -0.1) is 23.1 Å². The van der Waals surface area contributed by atoms with E-state index < -0.39 is 11.6 Å². The van der Waals surface area contributed by atoms with Crippen LogP contribution in [0, 0.1) is 11.6 Å². The normalized spacial score (nSPS) is 10.7. The molecule has 84 valence electrons. The highest BCUT2D eigenvalue weighted by Gasteiger charge is 2.04. The van der Waals surface area contributed by atoms with Gasteiger partial charge in [0.1, 0.15) is 0 Å². The van der Waals surface area contributed by atoms with Crippen molar-refractivity contribution >= 4 is 39.0 Å². The van der Waals surface area contributed by atoms with Gasteiger partial charge in [0.05, 0.1) is 0 Å². The minimum atomic E-state index is -0.803. The summed E-state index contributed by atoms with van der Waals surface area (Å²) in [5, 5.41) is 2.00. The van der Waals surface area contributed by atoms with E-state index in [1.165, 1.54) is 22.7 Å². The fourth-order valence-electron chi connectivity index (χ4n) is 1.15. The molecule has 2 rings (SSSR count). The van der Waals surface area contributed by atoms with Gasteiger partial charge in [-0.3, -0.25) is 0 Å². The molecule has 2 aromatic rings. The third-order valence-electron chi connectivity index (χ3n) is 1.89. The molecule has 0 saturated carbocycles. The maximum Gasteiger partial charge on any atom is 0.159 e. The predicted octanol–water partition coefficient (Wildman–Crippen LogP) is 5.08. The second kappa shape index (κ2) is 5.29. The highest BCUT2D eigenvalue weighted by atomic mass is 79.9. The standard InChI is InChI=1S/C11H7BrF2S2/c12-7-3-9(15-5-7)6-16-8-1-2-10(13)11(14)4-8/h1-5H,6H2. The number of hydrogen-bond donors (Lipinski definition) is 0. The van der Waals surface area contributed by atoms with Crippen LogP contribution in [0.5, 0.6) is 0 Å². The molecule has 1 aromatic carbocycles. The van der Waals surface area contributed by atoms with E-state index in [1.54, 1.807) is 17.4 Å². The Bertz CT molecular complexity index is 496. The molecule has 0 aliphatic heterocycles. The van der Waals surface area contributed by atoms with Crippen molar-refractivity contribution in [3.8, 4) is 0 Å². The van der Waals surface area contributed by atoms with E-state index in [1.807, 2.05) is 11.4 Å². The van der Waals surface area contributed by atoms with Crippen LogP contribution in [0.4, 0.5) is 8.78 Å². The van der Waals surface area contributed by atoms with Crippen molar-refractivity contribution in [2.24, 2.45) is 0 Å². The van der Waals surface area contributed by atoms with Crippen molar-refractivity contribution in [1.82, 2.24) is 0 Å². The average molecular weight is 321 g/mol. The number of thiophene rings is 1. The largest absolute Gasteiger partial charge is 0.204 e. The van der Waals surface area contributed by atoms with Gasteiger partial charge in [-0.25, -0.2) is 8.78 Å². The highest BCUT2D eigenvalue weighted by Crippen LogP contribution is 2.28. The molecule has 0 spiro atoms. The average Bonchev–Trinajstić information content (AvgIpc) is 2.66. The zero-order valence-corrected chi connectivity index (χ0v) is 11.3. The molecule has 1 heterocycles. The quantitative estimate of drug-likeness (QED) is 0.710. The summed E-state index contributed by atoms with van der Waals surface area (Å²) in [5.74, 6) is -0.831.